The van der Waals surface area contributed by atoms with Gasteiger partial charge in [0, 0.05) is 30.8 Å². The summed E-state index contributed by atoms with van der Waals surface area (Å²) in [6, 6.07) is 15.8. The number of hydrogen-bond acceptors (Lipinski definition) is 3. The Bertz CT molecular complexity index is 516. The van der Waals surface area contributed by atoms with E-state index in [0.717, 1.165) is 19.3 Å². The van der Waals surface area contributed by atoms with Crippen molar-refractivity contribution in [2.24, 2.45) is 0 Å². The van der Waals surface area contributed by atoms with Crippen molar-refractivity contribution in [3.05, 3.63) is 58.0 Å². The van der Waals surface area contributed by atoms with Crippen LogP contribution in [-0.4, -0.2) is 22.7 Å². The van der Waals surface area contributed by atoms with Gasteiger partial charge < -0.3 is 5.11 Å². The van der Waals surface area contributed by atoms with Gasteiger partial charge in [0.05, 0.1) is 6.10 Å². The lowest BCUT2D eigenvalue weighted by Gasteiger charge is -2.10. The molecule has 5 heteroatoms. The van der Waals surface area contributed by atoms with E-state index in [-0.39, 0.29) is 6.10 Å². The van der Waals surface area contributed by atoms with Gasteiger partial charge in [-0.2, -0.15) is 0 Å². The van der Waals surface area contributed by atoms with Crippen LogP contribution in [0, 0.1) is 0 Å². The molecule has 0 fully saturated rings. The third-order valence-electron chi connectivity index (χ3n) is 2.48. The maximum atomic E-state index is 10.0. The zero-order valence-corrected chi connectivity index (χ0v) is 14.6. The van der Waals surface area contributed by atoms with Crippen molar-refractivity contribution in [1.82, 2.24) is 0 Å². The lowest BCUT2D eigenvalue weighted by Crippen LogP contribution is -2.12. The predicted molar refractivity (Wildman–Crippen MR) is 93.0 cm³/mol. The number of rotatable bonds is 6. The zero-order valence-electron chi connectivity index (χ0n) is 10.6. The molecule has 0 aliphatic carbocycles. The first-order valence-corrected chi connectivity index (χ1v) is 9.22. The Labute approximate surface area is 141 Å². The first-order valence-electron chi connectivity index (χ1n) is 6.08. The molecule has 0 saturated heterocycles. The molecule has 1 atom stereocenters. The van der Waals surface area contributed by atoms with Gasteiger partial charge in [-0.25, -0.2) is 0 Å². The van der Waals surface area contributed by atoms with Crippen LogP contribution in [-0.2, 0) is 0 Å². The molecule has 0 aliphatic heterocycles. The summed E-state index contributed by atoms with van der Waals surface area (Å²) in [6.07, 6.45) is -0.344. The second-order valence-corrected chi connectivity index (χ2v) is 7.73. The Morgan fingerprint density at radius 2 is 1.60 bits per heavy atom. The summed E-state index contributed by atoms with van der Waals surface area (Å²) in [5, 5.41) is 10.8. The van der Waals surface area contributed by atoms with Crippen LogP contribution < -0.4 is 0 Å². The van der Waals surface area contributed by atoms with Crippen molar-refractivity contribution in [2.75, 3.05) is 11.5 Å². The molecule has 1 N–H and O–H groups in total. The summed E-state index contributed by atoms with van der Waals surface area (Å²) in [5.74, 6) is 1.35. The Morgan fingerprint density at radius 3 is 2.20 bits per heavy atom. The van der Waals surface area contributed by atoms with Crippen molar-refractivity contribution in [3.63, 3.8) is 0 Å². The van der Waals surface area contributed by atoms with Crippen LogP contribution in [0.1, 0.15) is 0 Å². The van der Waals surface area contributed by atoms with Crippen molar-refractivity contribution < 1.29 is 5.11 Å². The molecule has 2 aromatic carbocycles. The summed E-state index contributed by atoms with van der Waals surface area (Å²) >= 11 is 12.7. The summed E-state index contributed by atoms with van der Waals surface area (Å²) in [6.45, 7) is 0. The third-order valence-corrected chi connectivity index (χ3v) is 5.48. The van der Waals surface area contributed by atoms with E-state index in [9.17, 15) is 5.11 Å². The average molecular weight is 390 g/mol. The van der Waals surface area contributed by atoms with E-state index in [1.54, 1.807) is 23.5 Å². The highest BCUT2D eigenvalue weighted by molar-refractivity contribution is 9.10. The quantitative estimate of drug-likeness (QED) is 0.673. The van der Waals surface area contributed by atoms with E-state index in [1.165, 1.54) is 0 Å². The van der Waals surface area contributed by atoms with Crippen molar-refractivity contribution in [3.8, 4) is 0 Å². The maximum Gasteiger partial charge on any atom is 0.0727 e. The van der Waals surface area contributed by atoms with E-state index >= 15 is 0 Å². The molecule has 0 bridgehead atoms. The third kappa shape index (κ3) is 5.70. The Hall–Kier alpha value is -0.130. The molecular weight excluding hydrogens is 376 g/mol. The smallest absolute Gasteiger partial charge is 0.0727 e. The minimum absolute atomic E-state index is 0.344. The fourth-order valence-electron chi connectivity index (χ4n) is 1.55. The molecule has 0 amide bonds. The van der Waals surface area contributed by atoms with E-state index in [2.05, 4.69) is 22.0 Å². The molecule has 0 aliphatic rings. The molecule has 0 aromatic heterocycles. The van der Waals surface area contributed by atoms with Gasteiger partial charge in [0.25, 0.3) is 0 Å². The van der Waals surface area contributed by atoms with Crippen LogP contribution in [0.4, 0.5) is 0 Å². The van der Waals surface area contributed by atoms with Crippen LogP contribution in [0.5, 0.6) is 0 Å². The summed E-state index contributed by atoms with van der Waals surface area (Å²) in [4.78, 5) is 2.25. The first-order chi connectivity index (χ1) is 9.63. The average Bonchev–Trinajstić information content (AvgIpc) is 2.43. The van der Waals surface area contributed by atoms with Crippen molar-refractivity contribution >= 4 is 51.1 Å². The Kier molecular flexibility index (Phi) is 6.78. The van der Waals surface area contributed by atoms with Crippen LogP contribution in [0.15, 0.2) is 62.8 Å². The topological polar surface area (TPSA) is 20.2 Å². The molecular formula is C15H14BrClOS2. The molecule has 0 spiro atoms. The van der Waals surface area contributed by atoms with Gasteiger partial charge >= 0.3 is 0 Å². The molecule has 2 aromatic rings. The SMILES string of the molecule is OC(CSc1cccc(Cl)c1)CSc1cccc(Br)c1. The van der Waals surface area contributed by atoms with Gasteiger partial charge in [0.1, 0.15) is 0 Å². The van der Waals surface area contributed by atoms with Gasteiger partial charge in [-0.15, -0.1) is 23.5 Å². The molecule has 20 heavy (non-hydrogen) atoms. The van der Waals surface area contributed by atoms with Gasteiger partial charge in [-0.3, -0.25) is 0 Å². The summed E-state index contributed by atoms with van der Waals surface area (Å²) < 4.78 is 1.06. The highest BCUT2D eigenvalue weighted by atomic mass is 79.9. The standard InChI is InChI=1S/C15H14BrClOS2/c16-11-3-1-5-14(7-11)19-9-13(18)10-20-15-6-2-4-12(17)8-15/h1-8,13,18H,9-10H2. The minimum Gasteiger partial charge on any atom is -0.391 e. The second-order valence-electron chi connectivity index (χ2n) is 4.19. The molecule has 1 unspecified atom stereocenters. The molecule has 0 saturated carbocycles. The van der Waals surface area contributed by atoms with E-state index < -0.39 is 0 Å². The normalized spacial score (nSPS) is 12.3. The van der Waals surface area contributed by atoms with Crippen molar-refractivity contribution in [1.29, 1.82) is 0 Å². The monoisotopic (exact) mass is 388 g/mol. The number of hydrogen-bond donors (Lipinski definition) is 1. The molecule has 106 valence electrons. The number of thioether (sulfide) groups is 2. The van der Waals surface area contributed by atoms with Crippen LogP contribution in [0.3, 0.4) is 0 Å². The fraction of sp³-hybridized carbons (Fsp3) is 0.200. The van der Waals surface area contributed by atoms with Gasteiger partial charge in [0.2, 0.25) is 0 Å². The predicted octanol–water partition coefficient (Wildman–Crippen LogP) is 5.35. The minimum atomic E-state index is -0.344. The molecule has 2 rings (SSSR count). The lowest BCUT2D eigenvalue weighted by molar-refractivity contribution is 0.225. The molecule has 1 nitrogen and oxygen atoms in total. The summed E-state index contributed by atoms with van der Waals surface area (Å²) in [5.41, 5.74) is 0. The summed E-state index contributed by atoms with van der Waals surface area (Å²) in [7, 11) is 0. The maximum absolute atomic E-state index is 10.0. The van der Waals surface area contributed by atoms with Gasteiger partial charge in [-0.1, -0.05) is 39.7 Å². The van der Waals surface area contributed by atoms with Crippen LogP contribution in [0.25, 0.3) is 0 Å². The van der Waals surface area contributed by atoms with E-state index in [0.29, 0.717) is 11.5 Å². The van der Waals surface area contributed by atoms with E-state index in [1.807, 2.05) is 42.5 Å². The highest BCUT2D eigenvalue weighted by Gasteiger charge is 2.07. The van der Waals surface area contributed by atoms with Gasteiger partial charge in [-0.05, 0) is 36.4 Å². The zero-order chi connectivity index (χ0) is 14.4. The van der Waals surface area contributed by atoms with Crippen LogP contribution >= 0.6 is 51.1 Å². The molecule has 0 radical (unpaired) electrons. The number of benzene rings is 2. The largest absolute Gasteiger partial charge is 0.391 e. The Balaban J connectivity index is 1.77. The van der Waals surface area contributed by atoms with E-state index in [4.69, 9.17) is 11.6 Å². The number of halogens is 2. The lowest BCUT2D eigenvalue weighted by atomic mass is 10.4. The number of aliphatic hydroxyl groups is 1. The first kappa shape index (κ1) is 16.2. The number of aliphatic hydroxyl groups excluding tert-OH is 1. The molecule has 0 heterocycles. The van der Waals surface area contributed by atoms with Crippen LogP contribution in [0.2, 0.25) is 5.02 Å². The highest BCUT2D eigenvalue weighted by Crippen LogP contribution is 2.26. The fourth-order valence-corrected chi connectivity index (χ4v) is 4.28. The Morgan fingerprint density at radius 1 is 1.00 bits per heavy atom. The van der Waals surface area contributed by atoms with Gasteiger partial charge in [0.15, 0.2) is 0 Å². The second kappa shape index (κ2) is 8.35. The van der Waals surface area contributed by atoms with Crippen molar-refractivity contribution in [2.45, 2.75) is 15.9 Å².